The number of halogens is 3. The van der Waals surface area contributed by atoms with E-state index in [4.69, 9.17) is 14.2 Å². The number of rotatable bonds is 11. The zero-order valence-electron chi connectivity index (χ0n) is 20.5. The molecule has 2 aliphatic heterocycles. The molecule has 3 N–H and O–H groups in total. The van der Waals surface area contributed by atoms with Gasteiger partial charge in [-0.1, -0.05) is 13.3 Å². The van der Waals surface area contributed by atoms with Gasteiger partial charge in [0.1, 0.15) is 17.8 Å². The quantitative estimate of drug-likeness (QED) is 0.263. The molecular weight excluding hydrogens is 489 g/mol. The van der Waals surface area contributed by atoms with Crippen molar-refractivity contribution in [3.8, 4) is 0 Å². The van der Waals surface area contributed by atoms with Crippen molar-refractivity contribution in [2.75, 3.05) is 33.0 Å². The van der Waals surface area contributed by atoms with Crippen LogP contribution in [0.15, 0.2) is 0 Å². The number of hydrogen-bond donors (Lipinski definition) is 3. The predicted molar refractivity (Wildman–Crippen MR) is 117 cm³/mol. The van der Waals surface area contributed by atoms with Crippen LogP contribution in [0.25, 0.3) is 0 Å². The van der Waals surface area contributed by atoms with Gasteiger partial charge in [-0.3, -0.25) is 19.3 Å². The van der Waals surface area contributed by atoms with Gasteiger partial charge < -0.3 is 29.7 Å². The van der Waals surface area contributed by atoms with Crippen LogP contribution >= 0.6 is 0 Å². The van der Waals surface area contributed by atoms with Crippen LogP contribution in [0.5, 0.6) is 0 Å². The van der Waals surface area contributed by atoms with Gasteiger partial charge in [-0.2, -0.15) is 13.2 Å². The molecule has 3 amide bonds. The standard InChI is InChI=1S/C23H35F3N2O8/c1-3-22(19(31)18(30)17(13(2)36-22)27-21(33)23(24,25)26)12-35-10-9-34-8-7-28-16(29)11-15(20(28)32)14-5-4-6-14/h13-15,17-19,30-31H,3-12H2,1-2H3,(H,27,33)/t13-,15?,17-,18-,19-,22-/m1/s1. The molecule has 2 heterocycles. The third kappa shape index (κ3) is 6.18. The molecule has 36 heavy (non-hydrogen) atoms. The van der Waals surface area contributed by atoms with Gasteiger partial charge in [0.05, 0.1) is 51.0 Å². The van der Waals surface area contributed by atoms with Crippen LogP contribution < -0.4 is 5.32 Å². The Morgan fingerprint density at radius 3 is 2.44 bits per heavy atom. The summed E-state index contributed by atoms with van der Waals surface area (Å²) < 4.78 is 54.6. The number of alkyl halides is 3. The molecule has 3 fully saturated rings. The summed E-state index contributed by atoms with van der Waals surface area (Å²) in [4.78, 5) is 37.1. The number of likely N-dealkylation sites (tertiary alicyclic amines) is 1. The normalized spacial score (nSPS) is 33.6. The van der Waals surface area contributed by atoms with E-state index in [1.807, 2.05) is 0 Å². The van der Waals surface area contributed by atoms with E-state index in [0.29, 0.717) is 5.92 Å². The number of aliphatic hydroxyl groups excluding tert-OH is 2. The Bertz CT molecular complexity index is 809. The van der Waals surface area contributed by atoms with E-state index < -0.39 is 42.0 Å². The van der Waals surface area contributed by atoms with Gasteiger partial charge in [-0.25, -0.2) is 0 Å². The second-order valence-electron chi connectivity index (χ2n) is 9.72. The minimum Gasteiger partial charge on any atom is -0.388 e. The molecule has 206 valence electrons. The Balaban J connectivity index is 1.40. The Labute approximate surface area is 207 Å². The smallest absolute Gasteiger partial charge is 0.388 e. The molecule has 0 bridgehead atoms. The molecule has 0 spiro atoms. The van der Waals surface area contributed by atoms with E-state index in [9.17, 15) is 37.8 Å². The van der Waals surface area contributed by atoms with Gasteiger partial charge in [0.2, 0.25) is 11.8 Å². The number of carbonyl (C=O) groups excluding carboxylic acids is 3. The first kappa shape index (κ1) is 28.8. The summed E-state index contributed by atoms with van der Waals surface area (Å²) in [7, 11) is 0. The topological polar surface area (TPSA) is 135 Å². The number of nitrogens with one attached hydrogen (secondary N) is 1. The second kappa shape index (κ2) is 11.7. The van der Waals surface area contributed by atoms with Crippen LogP contribution in [0, 0.1) is 11.8 Å². The van der Waals surface area contributed by atoms with Crippen LogP contribution in [0.4, 0.5) is 13.2 Å². The Kier molecular flexibility index (Phi) is 9.36. The maximum Gasteiger partial charge on any atom is 0.471 e. The first-order valence-corrected chi connectivity index (χ1v) is 12.3. The first-order valence-electron chi connectivity index (χ1n) is 12.3. The van der Waals surface area contributed by atoms with E-state index in [0.717, 1.165) is 19.3 Å². The Hall–Kier alpha value is -1.80. The predicted octanol–water partition coefficient (Wildman–Crippen LogP) is 0.531. The van der Waals surface area contributed by atoms with Gasteiger partial charge in [-0.15, -0.1) is 0 Å². The lowest BCUT2D eigenvalue weighted by Gasteiger charge is -2.49. The summed E-state index contributed by atoms with van der Waals surface area (Å²) in [5, 5.41) is 22.7. The van der Waals surface area contributed by atoms with Crippen molar-refractivity contribution >= 4 is 17.7 Å². The van der Waals surface area contributed by atoms with E-state index in [1.165, 1.54) is 11.8 Å². The fraction of sp³-hybridized carbons (Fsp3) is 0.870. The lowest BCUT2D eigenvalue weighted by molar-refractivity contribution is -0.255. The highest BCUT2D eigenvalue weighted by atomic mass is 19.4. The fourth-order valence-electron chi connectivity index (χ4n) is 5.02. The largest absolute Gasteiger partial charge is 0.471 e. The molecule has 1 unspecified atom stereocenters. The molecule has 6 atom stereocenters. The van der Waals surface area contributed by atoms with Crippen molar-refractivity contribution in [2.24, 2.45) is 11.8 Å². The van der Waals surface area contributed by atoms with Gasteiger partial charge in [0.15, 0.2) is 0 Å². The lowest BCUT2D eigenvalue weighted by atomic mass is 9.75. The minimum absolute atomic E-state index is 0.0726. The molecule has 0 aromatic rings. The molecule has 0 aromatic heterocycles. The summed E-state index contributed by atoms with van der Waals surface area (Å²) in [6.45, 7) is 3.38. The molecule has 0 aromatic carbocycles. The van der Waals surface area contributed by atoms with Gasteiger partial charge in [0, 0.05) is 6.42 Å². The minimum atomic E-state index is -5.14. The molecule has 3 rings (SSSR count). The highest BCUT2D eigenvalue weighted by Crippen LogP contribution is 2.39. The zero-order valence-corrected chi connectivity index (χ0v) is 20.5. The van der Waals surface area contributed by atoms with E-state index in [1.54, 1.807) is 12.2 Å². The third-order valence-corrected chi connectivity index (χ3v) is 7.49. The van der Waals surface area contributed by atoms with Crippen LogP contribution in [0.1, 0.15) is 46.0 Å². The number of carbonyl (C=O) groups is 3. The average Bonchev–Trinajstić information content (AvgIpc) is 3.05. The van der Waals surface area contributed by atoms with Crippen molar-refractivity contribution in [1.82, 2.24) is 10.2 Å². The molecule has 3 aliphatic rings. The highest BCUT2D eigenvalue weighted by molar-refractivity contribution is 6.03. The van der Waals surface area contributed by atoms with Crippen LogP contribution in [-0.4, -0.2) is 102 Å². The van der Waals surface area contributed by atoms with Crippen LogP contribution in [0.2, 0.25) is 0 Å². The SMILES string of the molecule is CC[C@]1(COCCOCCN2C(=O)CC(C3CCC3)C2=O)O[C@H](C)[C@@H](NC(=O)C(F)(F)F)[C@@H](O)[C@H]1O. The summed E-state index contributed by atoms with van der Waals surface area (Å²) in [5.74, 6) is -2.44. The maximum absolute atomic E-state index is 12.6. The molecule has 10 nitrogen and oxygen atoms in total. The molecule has 1 saturated carbocycles. The number of nitrogens with zero attached hydrogens (tertiary/aromatic N) is 1. The van der Waals surface area contributed by atoms with Crippen molar-refractivity contribution in [3.63, 3.8) is 0 Å². The van der Waals surface area contributed by atoms with Crippen molar-refractivity contribution in [3.05, 3.63) is 0 Å². The monoisotopic (exact) mass is 524 g/mol. The zero-order chi connectivity index (χ0) is 26.7. The van der Waals surface area contributed by atoms with E-state index in [2.05, 4.69) is 0 Å². The van der Waals surface area contributed by atoms with Crippen molar-refractivity contribution < 1.29 is 52.0 Å². The molecule has 2 saturated heterocycles. The van der Waals surface area contributed by atoms with Crippen molar-refractivity contribution in [1.29, 1.82) is 0 Å². The molecule has 0 radical (unpaired) electrons. The molecule has 13 heteroatoms. The molecular formula is C23H35F3N2O8. The van der Waals surface area contributed by atoms with Crippen molar-refractivity contribution in [2.45, 2.75) is 82.1 Å². The molecule has 1 aliphatic carbocycles. The second-order valence-corrected chi connectivity index (χ2v) is 9.72. The average molecular weight is 525 g/mol. The highest BCUT2D eigenvalue weighted by Gasteiger charge is 2.53. The number of imide groups is 1. The Morgan fingerprint density at radius 2 is 1.86 bits per heavy atom. The fourth-order valence-corrected chi connectivity index (χ4v) is 5.02. The van der Waals surface area contributed by atoms with Gasteiger partial charge in [0.25, 0.3) is 0 Å². The summed E-state index contributed by atoms with van der Waals surface area (Å²) >= 11 is 0. The summed E-state index contributed by atoms with van der Waals surface area (Å²) in [5.41, 5.74) is -1.40. The van der Waals surface area contributed by atoms with Gasteiger partial charge in [-0.05, 0) is 32.1 Å². The van der Waals surface area contributed by atoms with E-state index >= 15 is 0 Å². The number of aliphatic hydroxyl groups is 2. The van der Waals surface area contributed by atoms with Crippen LogP contribution in [0.3, 0.4) is 0 Å². The number of amides is 3. The third-order valence-electron chi connectivity index (χ3n) is 7.49. The summed E-state index contributed by atoms with van der Waals surface area (Å²) in [6, 6.07) is -1.46. The van der Waals surface area contributed by atoms with Crippen LogP contribution in [-0.2, 0) is 28.6 Å². The first-order chi connectivity index (χ1) is 16.9. The number of ether oxygens (including phenoxy) is 3. The van der Waals surface area contributed by atoms with E-state index in [-0.39, 0.29) is 63.5 Å². The van der Waals surface area contributed by atoms with Gasteiger partial charge >= 0.3 is 12.1 Å². The lowest BCUT2D eigenvalue weighted by Crippen LogP contribution is -2.69. The Morgan fingerprint density at radius 1 is 1.19 bits per heavy atom. The number of hydrogen-bond acceptors (Lipinski definition) is 8. The maximum atomic E-state index is 12.6. The summed E-state index contributed by atoms with van der Waals surface area (Å²) in [6.07, 6.45) is -5.98.